The molecule has 4 fully saturated rings. The molecule has 3 saturated carbocycles. The fraction of sp³-hybridized carbons (Fsp3) is 0.625. The Kier molecular flexibility index (Phi) is 9.96. The summed E-state index contributed by atoms with van der Waals surface area (Å²) in [6, 6.07) is 1.35. The molecular weight excluding hydrogens is 755 g/mol. The Bertz CT molecular complexity index is 2180. The van der Waals surface area contributed by atoms with Gasteiger partial charge in [0.2, 0.25) is 27.7 Å². The number of carbonyl (C=O) groups is 4. The van der Waals surface area contributed by atoms with Gasteiger partial charge in [-0.25, -0.2) is 27.9 Å². The Morgan fingerprint density at radius 2 is 1.77 bits per heavy atom. The molecule has 4 amide bonds. The normalized spacial score (nSPS) is 28.8. The summed E-state index contributed by atoms with van der Waals surface area (Å²) in [5.41, 5.74) is -0.304. The van der Waals surface area contributed by atoms with Gasteiger partial charge in [0.05, 0.1) is 40.8 Å². The molecule has 2 aromatic heterocycles. The average Bonchev–Trinajstić information content (AvgIpc) is 3.87. The molecule has 16 nitrogen and oxygen atoms in total. The molecule has 17 heteroatoms. The van der Waals surface area contributed by atoms with Gasteiger partial charge in [0.15, 0.2) is 5.54 Å². The van der Waals surface area contributed by atoms with E-state index in [9.17, 15) is 27.6 Å². The highest BCUT2D eigenvalue weighted by Gasteiger charge is 2.66. The van der Waals surface area contributed by atoms with E-state index in [1.54, 1.807) is 19.1 Å². The molecule has 4 atom stereocenters. The van der Waals surface area contributed by atoms with Crippen LogP contribution in [0.2, 0.25) is 0 Å². The minimum Gasteiger partial charge on any atom is -0.483 e. The van der Waals surface area contributed by atoms with Crippen LogP contribution in [0.25, 0.3) is 11.0 Å². The average molecular weight is 806 g/mol. The van der Waals surface area contributed by atoms with Crippen molar-refractivity contribution < 1.29 is 41.8 Å². The number of nitrogens with zero attached hydrogens (tertiary/aromatic N) is 3. The highest BCUT2D eigenvalue weighted by atomic mass is 32.2. The molecule has 1 spiro atoms. The van der Waals surface area contributed by atoms with E-state index in [1.165, 1.54) is 12.0 Å². The summed E-state index contributed by atoms with van der Waals surface area (Å²) in [6.07, 6.45) is 9.58. The second-order valence-corrected chi connectivity index (χ2v) is 19.0. The van der Waals surface area contributed by atoms with E-state index in [4.69, 9.17) is 24.6 Å². The summed E-state index contributed by atoms with van der Waals surface area (Å²) in [5, 5.41) is 14.5. The van der Waals surface area contributed by atoms with Crippen molar-refractivity contribution in [2.75, 3.05) is 13.7 Å². The summed E-state index contributed by atoms with van der Waals surface area (Å²) < 4.78 is 45.5. The fourth-order valence-electron chi connectivity index (χ4n) is 8.97. The van der Waals surface area contributed by atoms with Gasteiger partial charge in [-0.3, -0.25) is 14.4 Å². The highest BCUT2D eigenvalue weighted by Crippen LogP contribution is 2.47. The molecule has 306 valence electrons. The predicted octanol–water partition coefficient (Wildman–Crippen LogP) is 3.82. The van der Waals surface area contributed by atoms with Crippen LogP contribution in [0.1, 0.15) is 108 Å². The molecule has 0 radical (unpaired) electrons. The van der Waals surface area contributed by atoms with E-state index >= 15 is 0 Å². The number of hydrogen-bond acceptors (Lipinski definition) is 12. The third kappa shape index (κ3) is 7.09. The molecule has 6 aliphatic rings. The van der Waals surface area contributed by atoms with E-state index in [2.05, 4.69) is 20.3 Å². The SMILES string of the molecule is COc1ccc2nc(C)c3c(c2n1)CCC1(CC2C(=O)NC4(C(=O)NS(=O)(=O)C5(C)CC5)C(=N)C4=CCCCCCCC(NC(=O)OC4CCCC4)C(=O)N2C1)O3. The molecule has 0 bridgehead atoms. The maximum Gasteiger partial charge on any atom is 0.408 e. The number of sulfonamides is 1. The lowest BCUT2D eigenvalue weighted by Crippen LogP contribution is -2.59. The standard InChI is InChI=1S/C40H51N7O9S/c1-23-32-25(31-27(42-23)15-16-30(44-31)54-3)17-18-39(56-32)21-29-34(48)45-40(36(50)46-57(52,53)38(2)19-20-38)26(33(40)41)13-7-5-4-6-8-14-28(35(49)47(29)22-39)43-37(51)55-24-11-9-10-12-24/h13,15-16,24,28-29,41H,4-12,14,17-22H2,1-3H3,(H,43,51)(H,45,48)(H,46,50). The number of hydrogen-bond donors (Lipinski definition) is 4. The maximum absolute atomic E-state index is 14.8. The molecule has 4 unspecified atom stereocenters. The molecule has 2 aromatic rings. The number of allylic oxidation sites excluding steroid dienone is 1. The van der Waals surface area contributed by atoms with Crippen molar-refractivity contribution >= 4 is 50.6 Å². The number of carbonyl (C=O) groups excluding carboxylic acids is 4. The Morgan fingerprint density at radius 1 is 1.04 bits per heavy atom. The molecule has 57 heavy (non-hydrogen) atoms. The number of aryl methyl sites for hydroxylation is 2. The topological polar surface area (TPSA) is 219 Å². The van der Waals surface area contributed by atoms with Crippen molar-refractivity contribution in [2.45, 2.75) is 144 Å². The first kappa shape index (κ1) is 39.0. The first-order valence-electron chi connectivity index (χ1n) is 20.2. The lowest BCUT2D eigenvalue weighted by atomic mass is 9.88. The van der Waals surface area contributed by atoms with E-state index in [0.29, 0.717) is 79.7 Å². The number of fused-ring (bicyclic) bond motifs is 5. The smallest absolute Gasteiger partial charge is 0.408 e. The van der Waals surface area contributed by atoms with Crippen molar-refractivity contribution in [3.63, 3.8) is 0 Å². The van der Waals surface area contributed by atoms with Crippen LogP contribution in [-0.2, 0) is 35.6 Å². The quantitative estimate of drug-likeness (QED) is 0.329. The minimum absolute atomic E-state index is 0.0195. The van der Waals surface area contributed by atoms with E-state index < -0.39 is 61.8 Å². The summed E-state index contributed by atoms with van der Waals surface area (Å²) in [7, 11) is -2.58. The second kappa shape index (κ2) is 14.5. The highest BCUT2D eigenvalue weighted by molar-refractivity contribution is 7.91. The van der Waals surface area contributed by atoms with Gasteiger partial charge in [-0.15, -0.1) is 0 Å². The fourth-order valence-corrected chi connectivity index (χ4v) is 10.3. The van der Waals surface area contributed by atoms with Gasteiger partial charge < -0.3 is 35.2 Å². The van der Waals surface area contributed by atoms with Crippen LogP contribution in [0.3, 0.4) is 0 Å². The molecule has 4 N–H and O–H groups in total. The van der Waals surface area contributed by atoms with Crippen molar-refractivity contribution in [1.29, 1.82) is 5.41 Å². The zero-order chi connectivity index (χ0) is 40.3. The van der Waals surface area contributed by atoms with Gasteiger partial charge in [0.1, 0.15) is 29.5 Å². The number of amides is 4. The molecule has 3 aliphatic carbocycles. The van der Waals surface area contributed by atoms with Crippen molar-refractivity contribution in [3.05, 3.63) is 35.0 Å². The largest absolute Gasteiger partial charge is 0.483 e. The number of methoxy groups -OCH3 is 1. The van der Waals surface area contributed by atoms with Gasteiger partial charge in [-0.2, -0.15) is 0 Å². The van der Waals surface area contributed by atoms with E-state index in [-0.39, 0.29) is 30.4 Å². The monoisotopic (exact) mass is 805 g/mol. The molecule has 1 saturated heterocycles. The Morgan fingerprint density at radius 3 is 2.51 bits per heavy atom. The zero-order valence-electron chi connectivity index (χ0n) is 32.7. The number of rotatable bonds is 6. The van der Waals surface area contributed by atoms with Crippen LogP contribution in [-0.4, -0.2) is 101 Å². The first-order valence-corrected chi connectivity index (χ1v) is 21.7. The predicted molar refractivity (Wildman–Crippen MR) is 207 cm³/mol. The number of alkyl carbamates (subject to hydrolysis) is 1. The summed E-state index contributed by atoms with van der Waals surface area (Å²) in [4.78, 5) is 67.6. The van der Waals surface area contributed by atoms with Crippen LogP contribution in [0.4, 0.5) is 4.79 Å². The van der Waals surface area contributed by atoms with E-state index in [1.807, 2.05) is 13.0 Å². The lowest BCUT2D eigenvalue weighted by molar-refractivity contribution is -0.141. The summed E-state index contributed by atoms with van der Waals surface area (Å²) in [6.45, 7) is 3.36. The van der Waals surface area contributed by atoms with E-state index in [0.717, 1.165) is 44.1 Å². The Labute approximate surface area is 331 Å². The Balaban J connectivity index is 1.14. The van der Waals surface area contributed by atoms with Gasteiger partial charge >= 0.3 is 6.09 Å². The van der Waals surface area contributed by atoms with Gasteiger partial charge in [-0.1, -0.05) is 25.3 Å². The first-order chi connectivity index (χ1) is 27.2. The molecule has 0 aromatic carbocycles. The molecule has 5 heterocycles. The number of pyridine rings is 2. The molecule has 3 aliphatic heterocycles. The van der Waals surface area contributed by atoms with Gasteiger partial charge in [-0.05, 0) is 90.5 Å². The van der Waals surface area contributed by atoms with Crippen LogP contribution in [0, 0.1) is 12.3 Å². The van der Waals surface area contributed by atoms with Crippen molar-refractivity contribution in [2.24, 2.45) is 0 Å². The Hall–Kier alpha value is -4.80. The third-order valence-corrected chi connectivity index (χ3v) is 15.0. The van der Waals surface area contributed by atoms with Crippen molar-refractivity contribution in [1.82, 2.24) is 30.2 Å². The number of ether oxygens (including phenoxy) is 3. The van der Waals surface area contributed by atoms with Crippen LogP contribution in [0.15, 0.2) is 23.8 Å². The second-order valence-electron chi connectivity index (χ2n) is 16.8. The summed E-state index contributed by atoms with van der Waals surface area (Å²) >= 11 is 0. The van der Waals surface area contributed by atoms with Crippen LogP contribution >= 0.6 is 0 Å². The third-order valence-electron chi connectivity index (χ3n) is 12.8. The molecule has 8 rings (SSSR count). The number of aromatic nitrogens is 2. The van der Waals surface area contributed by atoms with Crippen molar-refractivity contribution in [3.8, 4) is 11.6 Å². The maximum atomic E-state index is 14.8. The van der Waals surface area contributed by atoms with Gasteiger partial charge in [0.25, 0.3) is 5.91 Å². The molecular formula is C40H51N7O9S. The van der Waals surface area contributed by atoms with Gasteiger partial charge in [0, 0.05) is 23.6 Å². The van der Waals surface area contributed by atoms with Crippen LogP contribution < -0.4 is 24.8 Å². The lowest BCUT2D eigenvalue weighted by Gasteiger charge is -2.36. The minimum atomic E-state index is -4.11. The van der Waals surface area contributed by atoms with Crippen LogP contribution in [0.5, 0.6) is 11.6 Å². The number of nitrogens with one attached hydrogen (secondary N) is 4. The zero-order valence-corrected chi connectivity index (χ0v) is 33.5. The summed E-state index contributed by atoms with van der Waals surface area (Å²) in [5.74, 6) is -1.34.